The second kappa shape index (κ2) is 5.57. The Morgan fingerprint density at radius 3 is 2.95 bits per heavy atom. The number of sulfonamides is 1. The Morgan fingerprint density at radius 1 is 1.53 bits per heavy atom. The normalized spacial score (nSPS) is 20.6. The molecule has 1 fully saturated rings. The van der Waals surface area contributed by atoms with Crippen LogP contribution in [-0.4, -0.2) is 43.4 Å². The molecule has 0 bridgehead atoms. The van der Waals surface area contributed by atoms with Crippen molar-refractivity contribution in [3.63, 3.8) is 0 Å². The third kappa shape index (κ3) is 3.04. The van der Waals surface area contributed by atoms with E-state index >= 15 is 0 Å². The minimum absolute atomic E-state index is 0.129. The Hall–Kier alpha value is -1.62. The highest BCUT2D eigenvalue weighted by Crippen LogP contribution is 2.17. The molecular formula is C12H16N4O2S. The first-order chi connectivity index (χ1) is 9.04. The van der Waals surface area contributed by atoms with Gasteiger partial charge in [-0.15, -0.1) is 5.92 Å². The number of pyridine rings is 1. The van der Waals surface area contributed by atoms with E-state index in [1.165, 1.54) is 22.6 Å². The molecule has 0 radical (unpaired) electrons. The van der Waals surface area contributed by atoms with Crippen molar-refractivity contribution in [1.29, 1.82) is 0 Å². The monoisotopic (exact) mass is 280 g/mol. The number of nitrogen functional groups attached to an aromatic ring is 1. The molecule has 102 valence electrons. The zero-order valence-corrected chi connectivity index (χ0v) is 11.4. The molecule has 2 heterocycles. The number of hydrogen-bond donors (Lipinski definition) is 2. The van der Waals surface area contributed by atoms with E-state index in [9.17, 15) is 8.42 Å². The van der Waals surface area contributed by atoms with Gasteiger partial charge in [-0.3, -0.25) is 0 Å². The van der Waals surface area contributed by atoms with E-state index in [4.69, 9.17) is 5.73 Å². The van der Waals surface area contributed by atoms with Gasteiger partial charge in [-0.2, -0.15) is 4.31 Å². The number of nitrogens with zero attached hydrogens (tertiary/aromatic N) is 2. The third-order valence-corrected chi connectivity index (χ3v) is 4.70. The molecule has 7 heteroatoms. The van der Waals surface area contributed by atoms with Gasteiger partial charge < -0.3 is 11.1 Å². The third-order valence-electron chi connectivity index (χ3n) is 2.85. The lowest BCUT2D eigenvalue weighted by Crippen LogP contribution is -2.51. The lowest BCUT2D eigenvalue weighted by atomic mass is 10.2. The number of anilines is 1. The lowest BCUT2D eigenvalue weighted by Gasteiger charge is -2.30. The number of hydrogen-bond acceptors (Lipinski definition) is 5. The molecule has 19 heavy (non-hydrogen) atoms. The molecular weight excluding hydrogens is 264 g/mol. The molecule has 0 aromatic carbocycles. The summed E-state index contributed by atoms with van der Waals surface area (Å²) in [4.78, 5) is 3.98. The van der Waals surface area contributed by atoms with Crippen LogP contribution in [0.3, 0.4) is 0 Å². The molecule has 3 N–H and O–H groups in total. The van der Waals surface area contributed by atoms with Crippen LogP contribution in [0.5, 0.6) is 0 Å². The highest BCUT2D eigenvalue weighted by Gasteiger charge is 2.29. The van der Waals surface area contributed by atoms with Gasteiger partial charge in [-0.1, -0.05) is 5.92 Å². The minimum Gasteiger partial charge on any atom is -0.384 e. The van der Waals surface area contributed by atoms with Gasteiger partial charge in [0.15, 0.2) is 0 Å². The summed E-state index contributed by atoms with van der Waals surface area (Å²) in [5.41, 5.74) is 5.46. The van der Waals surface area contributed by atoms with Crippen LogP contribution < -0.4 is 11.1 Å². The molecule has 2 rings (SSSR count). The minimum atomic E-state index is -3.52. The fourth-order valence-corrected chi connectivity index (χ4v) is 3.31. The molecule has 1 aliphatic heterocycles. The summed E-state index contributed by atoms with van der Waals surface area (Å²) in [7, 11) is -3.52. The van der Waals surface area contributed by atoms with Gasteiger partial charge in [0.05, 0.1) is 6.04 Å². The van der Waals surface area contributed by atoms with E-state index in [0.717, 1.165) is 0 Å². The molecule has 0 aliphatic carbocycles. The second-order valence-electron chi connectivity index (χ2n) is 4.18. The smallest absolute Gasteiger partial charge is 0.244 e. The summed E-state index contributed by atoms with van der Waals surface area (Å²) in [5.74, 6) is 6.04. The second-order valence-corrected chi connectivity index (χ2v) is 6.12. The predicted molar refractivity (Wildman–Crippen MR) is 72.6 cm³/mol. The Morgan fingerprint density at radius 2 is 2.32 bits per heavy atom. The van der Waals surface area contributed by atoms with Crippen LogP contribution in [-0.2, 0) is 10.0 Å². The molecule has 0 saturated carbocycles. The Kier molecular flexibility index (Phi) is 4.04. The highest BCUT2D eigenvalue weighted by molar-refractivity contribution is 7.89. The van der Waals surface area contributed by atoms with Crippen molar-refractivity contribution in [2.24, 2.45) is 0 Å². The van der Waals surface area contributed by atoms with Crippen LogP contribution in [0.25, 0.3) is 0 Å². The highest BCUT2D eigenvalue weighted by atomic mass is 32.2. The van der Waals surface area contributed by atoms with Gasteiger partial charge in [-0.05, 0) is 19.1 Å². The Bertz CT molecular complexity index is 601. The van der Waals surface area contributed by atoms with Crippen molar-refractivity contribution in [1.82, 2.24) is 14.6 Å². The van der Waals surface area contributed by atoms with Crippen LogP contribution in [0.4, 0.5) is 5.82 Å². The zero-order chi connectivity index (χ0) is 13.9. The first kappa shape index (κ1) is 13.8. The predicted octanol–water partition coefficient (Wildman–Crippen LogP) is -0.350. The number of aromatic nitrogens is 1. The van der Waals surface area contributed by atoms with Crippen LogP contribution in [0.15, 0.2) is 23.2 Å². The van der Waals surface area contributed by atoms with E-state index in [2.05, 4.69) is 22.1 Å². The molecule has 1 aromatic heterocycles. The van der Waals surface area contributed by atoms with E-state index in [0.29, 0.717) is 25.5 Å². The molecule has 6 nitrogen and oxygen atoms in total. The van der Waals surface area contributed by atoms with Gasteiger partial charge >= 0.3 is 0 Å². The summed E-state index contributed by atoms with van der Waals surface area (Å²) in [6.07, 6.45) is 1.28. The molecule has 1 aromatic rings. The van der Waals surface area contributed by atoms with Crippen molar-refractivity contribution in [2.75, 3.05) is 25.4 Å². The maximum Gasteiger partial charge on any atom is 0.244 e. The van der Waals surface area contributed by atoms with Crippen LogP contribution in [0.1, 0.15) is 6.92 Å². The van der Waals surface area contributed by atoms with Gasteiger partial charge in [0, 0.05) is 25.8 Å². The number of piperazine rings is 1. The van der Waals surface area contributed by atoms with E-state index in [1.807, 2.05) is 0 Å². The molecule has 1 aliphatic rings. The van der Waals surface area contributed by atoms with Crippen molar-refractivity contribution >= 4 is 15.8 Å². The largest absolute Gasteiger partial charge is 0.384 e. The quantitative estimate of drug-likeness (QED) is 0.723. The van der Waals surface area contributed by atoms with Gasteiger partial charge in [0.2, 0.25) is 10.0 Å². The average molecular weight is 280 g/mol. The van der Waals surface area contributed by atoms with Crippen molar-refractivity contribution in [3.05, 3.63) is 18.3 Å². The number of nitrogens with two attached hydrogens (primary N) is 1. The molecule has 0 spiro atoms. The molecule has 1 atom stereocenters. The SMILES string of the molecule is CC#C[C@H]1CN(S(=O)(=O)c2ccc(N)nc2)CCN1. The first-order valence-electron chi connectivity index (χ1n) is 5.91. The van der Waals surface area contributed by atoms with Gasteiger partial charge in [-0.25, -0.2) is 13.4 Å². The van der Waals surface area contributed by atoms with E-state index in [-0.39, 0.29) is 10.9 Å². The van der Waals surface area contributed by atoms with Crippen molar-refractivity contribution in [3.8, 4) is 11.8 Å². The van der Waals surface area contributed by atoms with E-state index in [1.54, 1.807) is 6.92 Å². The summed E-state index contributed by atoms with van der Waals surface area (Å²) in [5, 5.41) is 3.17. The zero-order valence-electron chi connectivity index (χ0n) is 10.6. The summed E-state index contributed by atoms with van der Waals surface area (Å²) in [6.45, 7) is 3.09. The van der Waals surface area contributed by atoms with E-state index < -0.39 is 10.0 Å². The number of nitrogens with one attached hydrogen (secondary N) is 1. The first-order valence-corrected chi connectivity index (χ1v) is 7.35. The fourth-order valence-electron chi connectivity index (χ4n) is 1.91. The number of rotatable bonds is 2. The summed E-state index contributed by atoms with van der Waals surface area (Å²) < 4.78 is 26.3. The van der Waals surface area contributed by atoms with Crippen LogP contribution in [0.2, 0.25) is 0 Å². The van der Waals surface area contributed by atoms with Crippen molar-refractivity contribution in [2.45, 2.75) is 17.9 Å². The summed E-state index contributed by atoms with van der Waals surface area (Å²) in [6, 6.07) is 2.83. The summed E-state index contributed by atoms with van der Waals surface area (Å²) >= 11 is 0. The topological polar surface area (TPSA) is 88.3 Å². The van der Waals surface area contributed by atoms with Crippen LogP contribution >= 0.6 is 0 Å². The Balaban J connectivity index is 2.23. The maximum atomic E-state index is 12.4. The Labute approximate surface area is 113 Å². The molecule has 1 saturated heterocycles. The van der Waals surface area contributed by atoms with Crippen LogP contribution in [0, 0.1) is 11.8 Å². The standard InChI is InChI=1S/C12H16N4O2S/c1-2-3-10-9-16(7-6-14-10)19(17,18)11-4-5-12(13)15-8-11/h4-5,8,10,14H,6-7,9H2,1H3,(H2,13,15)/t10-/m0/s1. The fraction of sp³-hybridized carbons (Fsp3) is 0.417. The maximum absolute atomic E-state index is 12.4. The van der Waals surface area contributed by atoms with Gasteiger partial charge in [0.1, 0.15) is 10.7 Å². The van der Waals surface area contributed by atoms with Gasteiger partial charge in [0.25, 0.3) is 0 Å². The average Bonchev–Trinajstić information content (AvgIpc) is 2.40. The van der Waals surface area contributed by atoms with Crippen molar-refractivity contribution < 1.29 is 8.42 Å². The lowest BCUT2D eigenvalue weighted by molar-refractivity contribution is 0.331. The molecule has 0 unspecified atom stereocenters. The molecule has 0 amide bonds.